The molecular formula is C61H56BN3O. The number of nitrogens with zero attached hydrogens (tertiary/aromatic N) is 3. The second-order valence-corrected chi connectivity index (χ2v) is 21.5. The maximum absolute atomic E-state index is 6.61. The zero-order valence-electron chi connectivity index (χ0n) is 39.6. The summed E-state index contributed by atoms with van der Waals surface area (Å²) in [5.74, 6) is 0. The molecule has 5 heteroatoms. The number of aryl methyl sites for hydroxylation is 2. The Balaban J connectivity index is 1.21. The molecule has 12 rings (SSSR count). The molecule has 9 aromatic rings. The molecule has 3 aliphatic rings. The lowest BCUT2D eigenvalue weighted by molar-refractivity contribution is 0.403. The second kappa shape index (κ2) is 14.3. The minimum atomic E-state index is -0.0549. The van der Waals surface area contributed by atoms with Crippen LogP contribution in [0.1, 0.15) is 82.7 Å². The van der Waals surface area contributed by atoms with E-state index in [1.54, 1.807) is 0 Å². The number of fused-ring (bicyclic) bond motifs is 8. The molecule has 2 aliphatic heterocycles. The van der Waals surface area contributed by atoms with Crippen LogP contribution in [0.25, 0.3) is 21.9 Å². The molecular weight excluding hydrogens is 802 g/mol. The first-order valence-corrected chi connectivity index (χ1v) is 23.7. The smallest absolute Gasteiger partial charge is 0.252 e. The third kappa shape index (κ3) is 6.05. The van der Waals surface area contributed by atoms with E-state index in [-0.39, 0.29) is 23.0 Å². The first kappa shape index (κ1) is 40.5. The van der Waals surface area contributed by atoms with Crippen molar-refractivity contribution in [2.24, 2.45) is 0 Å². The summed E-state index contributed by atoms with van der Waals surface area (Å²) in [5.41, 5.74) is 23.1. The van der Waals surface area contributed by atoms with Crippen LogP contribution in [0.4, 0.5) is 51.2 Å². The molecule has 0 atom stereocenters. The molecule has 8 aromatic carbocycles. The molecule has 0 saturated carbocycles. The fraction of sp³-hybridized carbons (Fsp3) is 0.213. The van der Waals surface area contributed by atoms with E-state index in [9.17, 15) is 0 Å². The van der Waals surface area contributed by atoms with Crippen LogP contribution in [0, 0.1) is 13.8 Å². The summed E-state index contributed by atoms with van der Waals surface area (Å²) in [6, 6.07) is 61.1. The summed E-state index contributed by atoms with van der Waals surface area (Å²) in [7, 11) is 0. The second-order valence-electron chi connectivity index (χ2n) is 21.5. The number of para-hydroxylation sites is 3. The van der Waals surface area contributed by atoms with Gasteiger partial charge in [0.25, 0.3) is 6.71 Å². The standard InChI is InChI=1S/C61H56BN3O/c1-38-31-53-58-54(32-38)65(51-24-18-26-56-57(51)44-23-16-17-25-55(44)66-56)50-30-28-43(63(41-19-12-10-13-20-41)42-21-14-11-15-22-42)34-47(50)62(58)48-35-45-46(61(8,9)37-60(45,6)7)36-52(48)64(53)49-29-27-40(33-39(49)2)59(3,4)5/h10-36H,37H2,1-9H3. The fourth-order valence-corrected chi connectivity index (χ4v) is 12.2. The predicted octanol–water partition coefficient (Wildman–Crippen LogP) is 15.0. The predicted molar refractivity (Wildman–Crippen MR) is 281 cm³/mol. The van der Waals surface area contributed by atoms with Crippen LogP contribution in [-0.2, 0) is 16.2 Å². The van der Waals surface area contributed by atoms with Gasteiger partial charge in [-0.05, 0) is 166 Å². The van der Waals surface area contributed by atoms with Gasteiger partial charge in [0.1, 0.15) is 11.2 Å². The van der Waals surface area contributed by atoms with E-state index in [2.05, 4.69) is 241 Å². The summed E-state index contributed by atoms with van der Waals surface area (Å²) < 4.78 is 6.61. The van der Waals surface area contributed by atoms with Gasteiger partial charge in [0, 0.05) is 50.9 Å². The van der Waals surface area contributed by atoms with Crippen molar-refractivity contribution in [3.63, 3.8) is 0 Å². The summed E-state index contributed by atoms with van der Waals surface area (Å²) in [6.07, 6.45) is 1.10. The van der Waals surface area contributed by atoms with Crippen LogP contribution in [0.15, 0.2) is 168 Å². The molecule has 1 aromatic heterocycles. The van der Waals surface area contributed by atoms with Crippen LogP contribution in [-0.4, -0.2) is 6.71 Å². The molecule has 324 valence electrons. The van der Waals surface area contributed by atoms with E-state index in [1.165, 1.54) is 72.6 Å². The Kier molecular flexibility index (Phi) is 8.76. The number of furan rings is 1. The van der Waals surface area contributed by atoms with Crippen LogP contribution in [0.2, 0.25) is 0 Å². The molecule has 3 heterocycles. The normalized spacial score (nSPS) is 15.4. The highest BCUT2D eigenvalue weighted by molar-refractivity contribution is 7.00. The third-order valence-electron chi connectivity index (χ3n) is 14.9. The zero-order valence-corrected chi connectivity index (χ0v) is 39.6. The molecule has 0 saturated heterocycles. The summed E-state index contributed by atoms with van der Waals surface area (Å²) in [5, 5.41) is 2.24. The average Bonchev–Trinajstić information content (AvgIpc) is 3.76. The van der Waals surface area contributed by atoms with Crippen molar-refractivity contribution in [1.82, 2.24) is 0 Å². The summed E-state index contributed by atoms with van der Waals surface area (Å²) >= 11 is 0. The van der Waals surface area contributed by atoms with Crippen molar-refractivity contribution in [1.29, 1.82) is 0 Å². The Morgan fingerprint density at radius 3 is 1.77 bits per heavy atom. The van der Waals surface area contributed by atoms with Gasteiger partial charge in [-0.25, -0.2) is 0 Å². The molecule has 66 heavy (non-hydrogen) atoms. The van der Waals surface area contributed by atoms with Crippen molar-refractivity contribution in [3.8, 4) is 0 Å². The SMILES string of the molecule is Cc1cc2c3c(c1)N(c1cccc4oc5ccccc5c14)c1ccc(N(c4ccccc4)c4ccccc4)cc1B3c1cc3c(cc1N2c1ccc(C(C)(C)C)cc1C)C(C)(C)CC3(C)C. The fourth-order valence-electron chi connectivity index (χ4n) is 12.2. The Morgan fingerprint density at radius 2 is 1.11 bits per heavy atom. The van der Waals surface area contributed by atoms with E-state index in [0.717, 1.165) is 51.1 Å². The van der Waals surface area contributed by atoms with Crippen molar-refractivity contribution < 1.29 is 4.42 Å². The first-order chi connectivity index (χ1) is 31.7. The van der Waals surface area contributed by atoms with Crippen LogP contribution in [0.3, 0.4) is 0 Å². The van der Waals surface area contributed by atoms with Gasteiger partial charge < -0.3 is 19.1 Å². The Bertz CT molecular complexity index is 3390. The van der Waals surface area contributed by atoms with E-state index in [1.807, 2.05) is 0 Å². The van der Waals surface area contributed by atoms with E-state index >= 15 is 0 Å². The lowest BCUT2D eigenvalue weighted by Crippen LogP contribution is -2.61. The van der Waals surface area contributed by atoms with E-state index in [4.69, 9.17) is 4.42 Å². The highest BCUT2D eigenvalue weighted by atomic mass is 16.3. The van der Waals surface area contributed by atoms with Gasteiger partial charge in [-0.1, -0.05) is 127 Å². The zero-order chi connectivity index (χ0) is 45.4. The van der Waals surface area contributed by atoms with Crippen molar-refractivity contribution in [3.05, 3.63) is 192 Å². The molecule has 0 fully saturated rings. The lowest BCUT2D eigenvalue weighted by atomic mass is 9.33. The molecule has 1 aliphatic carbocycles. The first-order valence-electron chi connectivity index (χ1n) is 23.7. The minimum Gasteiger partial charge on any atom is -0.456 e. The Morgan fingerprint density at radius 1 is 0.515 bits per heavy atom. The number of hydrogen-bond acceptors (Lipinski definition) is 4. The van der Waals surface area contributed by atoms with Crippen molar-refractivity contribution in [2.75, 3.05) is 14.7 Å². The third-order valence-corrected chi connectivity index (χ3v) is 14.9. The number of hydrogen-bond donors (Lipinski definition) is 0. The average molecular weight is 858 g/mol. The van der Waals surface area contributed by atoms with Gasteiger partial charge in [-0.3, -0.25) is 0 Å². The molecule has 0 bridgehead atoms. The molecule has 0 N–H and O–H groups in total. The largest absolute Gasteiger partial charge is 0.456 e. The molecule has 4 nitrogen and oxygen atoms in total. The van der Waals surface area contributed by atoms with Gasteiger partial charge in [0.2, 0.25) is 0 Å². The van der Waals surface area contributed by atoms with E-state index in [0.29, 0.717) is 0 Å². The highest BCUT2D eigenvalue weighted by Crippen LogP contribution is 2.54. The van der Waals surface area contributed by atoms with E-state index < -0.39 is 0 Å². The summed E-state index contributed by atoms with van der Waals surface area (Å²) in [6.45, 7) is 21.3. The Hall–Kier alpha value is -6.98. The monoisotopic (exact) mass is 857 g/mol. The maximum atomic E-state index is 6.61. The van der Waals surface area contributed by atoms with Gasteiger partial charge in [-0.2, -0.15) is 0 Å². The molecule has 0 unspecified atom stereocenters. The molecule has 0 radical (unpaired) electrons. The quantitative estimate of drug-likeness (QED) is 0.161. The molecule has 0 amide bonds. The van der Waals surface area contributed by atoms with Crippen molar-refractivity contribution in [2.45, 2.75) is 85.0 Å². The van der Waals surface area contributed by atoms with Gasteiger partial charge in [-0.15, -0.1) is 0 Å². The summed E-state index contributed by atoms with van der Waals surface area (Å²) in [4.78, 5) is 7.59. The number of rotatable bonds is 5. The van der Waals surface area contributed by atoms with Crippen molar-refractivity contribution >= 4 is 96.2 Å². The number of anilines is 9. The highest BCUT2D eigenvalue weighted by Gasteiger charge is 2.48. The van der Waals surface area contributed by atoms with Crippen LogP contribution < -0.4 is 31.1 Å². The number of benzene rings is 8. The maximum Gasteiger partial charge on any atom is 0.252 e. The Labute approximate surface area is 390 Å². The minimum absolute atomic E-state index is 0.0140. The lowest BCUT2D eigenvalue weighted by Gasteiger charge is -2.45. The van der Waals surface area contributed by atoms with Crippen LogP contribution >= 0.6 is 0 Å². The topological polar surface area (TPSA) is 22.9 Å². The van der Waals surface area contributed by atoms with Crippen LogP contribution in [0.5, 0.6) is 0 Å². The van der Waals surface area contributed by atoms with Gasteiger partial charge in [0.05, 0.1) is 11.1 Å². The molecule has 0 spiro atoms. The van der Waals surface area contributed by atoms with Gasteiger partial charge in [0.15, 0.2) is 0 Å². The van der Waals surface area contributed by atoms with Gasteiger partial charge >= 0.3 is 0 Å².